The van der Waals surface area contributed by atoms with E-state index in [1.54, 1.807) is 0 Å². The van der Waals surface area contributed by atoms with E-state index < -0.39 is 0 Å². The summed E-state index contributed by atoms with van der Waals surface area (Å²) in [5.74, 6) is 2.05. The van der Waals surface area contributed by atoms with Crippen LogP contribution in [0.25, 0.3) is 0 Å². The molecule has 2 aliphatic rings. The molecule has 0 saturated carbocycles. The molecule has 102 valence electrons. The standard InChI is InChI=1S/C15H19NO3/c1-11(16-6-4-13(17)5-7-16)12-2-3-14-15(10-12)19-9-8-18-14/h2-3,10-11H,4-9H2,1H3. The van der Waals surface area contributed by atoms with Gasteiger partial charge in [0.1, 0.15) is 19.0 Å². The third-order valence-electron chi connectivity index (χ3n) is 3.95. The van der Waals surface area contributed by atoms with Crippen molar-refractivity contribution < 1.29 is 14.3 Å². The van der Waals surface area contributed by atoms with Crippen LogP contribution < -0.4 is 9.47 Å². The van der Waals surface area contributed by atoms with Crippen molar-refractivity contribution in [3.63, 3.8) is 0 Å². The predicted octanol–water partition coefficient (Wildman–Crippen LogP) is 2.18. The summed E-state index contributed by atoms with van der Waals surface area (Å²) in [6.07, 6.45) is 1.35. The smallest absolute Gasteiger partial charge is 0.161 e. The van der Waals surface area contributed by atoms with Gasteiger partial charge in [0, 0.05) is 32.0 Å². The number of piperidine rings is 1. The number of nitrogens with zero attached hydrogens (tertiary/aromatic N) is 1. The normalized spacial score (nSPS) is 21.2. The molecule has 1 atom stereocenters. The zero-order valence-electron chi connectivity index (χ0n) is 11.2. The minimum Gasteiger partial charge on any atom is -0.486 e. The van der Waals surface area contributed by atoms with Crippen molar-refractivity contribution in [2.75, 3.05) is 26.3 Å². The SMILES string of the molecule is CC(c1ccc2c(c1)OCCO2)N1CCC(=O)CC1. The first kappa shape index (κ1) is 12.5. The van der Waals surface area contributed by atoms with E-state index in [4.69, 9.17) is 9.47 Å². The van der Waals surface area contributed by atoms with Crippen molar-refractivity contribution in [2.45, 2.75) is 25.8 Å². The van der Waals surface area contributed by atoms with Crippen LogP contribution in [0, 0.1) is 0 Å². The molecule has 2 heterocycles. The van der Waals surface area contributed by atoms with Crippen LogP contribution in [0.15, 0.2) is 18.2 Å². The van der Waals surface area contributed by atoms with Crippen molar-refractivity contribution in [3.8, 4) is 11.5 Å². The molecule has 0 amide bonds. The zero-order chi connectivity index (χ0) is 13.2. The van der Waals surface area contributed by atoms with Crippen LogP contribution in [0.3, 0.4) is 0 Å². The van der Waals surface area contributed by atoms with Gasteiger partial charge >= 0.3 is 0 Å². The molecule has 1 saturated heterocycles. The number of hydrogen-bond acceptors (Lipinski definition) is 4. The molecule has 4 nitrogen and oxygen atoms in total. The minimum absolute atomic E-state index is 0.309. The summed E-state index contributed by atoms with van der Waals surface area (Å²) >= 11 is 0. The Morgan fingerprint density at radius 2 is 1.79 bits per heavy atom. The highest BCUT2D eigenvalue weighted by Gasteiger charge is 2.23. The largest absolute Gasteiger partial charge is 0.486 e. The Bertz CT molecular complexity index is 476. The molecule has 1 aromatic carbocycles. The lowest BCUT2D eigenvalue weighted by molar-refractivity contribution is -0.121. The summed E-state index contributed by atoms with van der Waals surface area (Å²) < 4.78 is 11.2. The average Bonchev–Trinajstić information content (AvgIpc) is 2.47. The van der Waals surface area contributed by atoms with Gasteiger partial charge in [-0.05, 0) is 24.6 Å². The van der Waals surface area contributed by atoms with Crippen molar-refractivity contribution in [2.24, 2.45) is 0 Å². The second-order valence-electron chi connectivity index (χ2n) is 5.15. The molecule has 19 heavy (non-hydrogen) atoms. The number of hydrogen-bond donors (Lipinski definition) is 0. The van der Waals surface area contributed by atoms with Crippen LogP contribution in [-0.2, 0) is 4.79 Å². The second kappa shape index (κ2) is 5.21. The molecule has 0 bridgehead atoms. The van der Waals surface area contributed by atoms with Gasteiger partial charge in [-0.1, -0.05) is 6.07 Å². The van der Waals surface area contributed by atoms with E-state index in [1.807, 2.05) is 6.07 Å². The highest BCUT2D eigenvalue weighted by Crippen LogP contribution is 2.34. The molecule has 4 heteroatoms. The first-order chi connectivity index (χ1) is 9.24. The van der Waals surface area contributed by atoms with Crippen LogP contribution in [0.2, 0.25) is 0 Å². The number of carbonyl (C=O) groups excluding carboxylic acids is 1. The van der Waals surface area contributed by atoms with Crippen LogP contribution in [0.1, 0.15) is 31.4 Å². The number of ketones is 1. The van der Waals surface area contributed by atoms with E-state index in [2.05, 4.69) is 24.0 Å². The molecule has 0 aromatic heterocycles. The fraction of sp³-hybridized carbons (Fsp3) is 0.533. The Morgan fingerprint density at radius 3 is 2.53 bits per heavy atom. The maximum absolute atomic E-state index is 11.3. The van der Waals surface area contributed by atoms with Gasteiger partial charge in [0.25, 0.3) is 0 Å². The van der Waals surface area contributed by atoms with Gasteiger partial charge in [0.15, 0.2) is 11.5 Å². The third kappa shape index (κ3) is 2.59. The summed E-state index contributed by atoms with van der Waals surface area (Å²) in [5, 5.41) is 0. The minimum atomic E-state index is 0.309. The van der Waals surface area contributed by atoms with Gasteiger partial charge in [0.05, 0.1) is 0 Å². The van der Waals surface area contributed by atoms with E-state index >= 15 is 0 Å². The lowest BCUT2D eigenvalue weighted by atomic mass is 10.0. The Balaban J connectivity index is 1.76. The maximum atomic E-state index is 11.3. The number of ether oxygens (including phenoxy) is 2. The number of rotatable bonds is 2. The van der Waals surface area contributed by atoms with Gasteiger partial charge in [-0.3, -0.25) is 9.69 Å². The van der Waals surface area contributed by atoms with Gasteiger partial charge in [0.2, 0.25) is 0 Å². The quantitative estimate of drug-likeness (QED) is 0.818. The van der Waals surface area contributed by atoms with E-state index in [9.17, 15) is 4.79 Å². The highest BCUT2D eigenvalue weighted by atomic mass is 16.6. The molecule has 0 spiro atoms. The Kier molecular flexibility index (Phi) is 3.42. The molecule has 0 radical (unpaired) electrons. The van der Waals surface area contributed by atoms with Gasteiger partial charge < -0.3 is 9.47 Å². The van der Waals surface area contributed by atoms with Crippen LogP contribution in [0.5, 0.6) is 11.5 Å². The molecule has 3 rings (SSSR count). The first-order valence-electron chi connectivity index (χ1n) is 6.89. The van der Waals surface area contributed by atoms with Crippen molar-refractivity contribution >= 4 is 5.78 Å². The Hall–Kier alpha value is -1.55. The first-order valence-corrected chi connectivity index (χ1v) is 6.89. The molecule has 0 aliphatic carbocycles. The molecular weight excluding hydrogens is 242 g/mol. The van der Waals surface area contributed by atoms with Crippen molar-refractivity contribution in [1.29, 1.82) is 0 Å². The Morgan fingerprint density at radius 1 is 1.11 bits per heavy atom. The number of benzene rings is 1. The van der Waals surface area contributed by atoms with Gasteiger partial charge in [-0.25, -0.2) is 0 Å². The summed E-state index contributed by atoms with van der Waals surface area (Å²) in [6.45, 7) is 5.13. The number of fused-ring (bicyclic) bond motifs is 1. The van der Waals surface area contributed by atoms with E-state index in [0.29, 0.717) is 37.9 Å². The number of likely N-dealkylation sites (tertiary alicyclic amines) is 1. The lowest BCUT2D eigenvalue weighted by Gasteiger charge is -2.32. The van der Waals surface area contributed by atoms with Crippen LogP contribution in [0.4, 0.5) is 0 Å². The van der Waals surface area contributed by atoms with E-state index in [1.165, 1.54) is 5.56 Å². The summed E-state index contributed by atoms with van der Waals surface area (Å²) in [4.78, 5) is 13.7. The molecule has 2 aliphatic heterocycles. The van der Waals surface area contributed by atoms with Gasteiger partial charge in [-0.2, -0.15) is 0 Å². The predicted molar refractivity (Wildman–Crippen MR) is 71.7 cm³/mol. The molecule has 1 aromatic rings. The molecular formula is C15H19NO3. The van der Waals surface area contributed by atoms with Crippen LogP contribution >= 0.6 is 0 Å². The van der Waals surface area contributed by atoms with Crippen LogP contribution in [-0.4, -0.2) is 37.0 Å². The lowest BCUT2D eigenvalue weighted by Crippen LogP contribution is -2.35. The van der Waals surface area contributed by atoms with Gasteiger partial charge in [-0.15, -0.1) is 0 Å². The molecule has 1 unspecified atom stereocenters. The van der Waals surface area contributed by atoms with Crippen molar-refractivity contribution in [1.82, 2.24) is 4.90 Å². The Labute approximate surface area is 113 Å². The average molecular weight is 261 g/mol. The topological polar surface area (TPSA) is 38.8 Å². The van der Waals surface area contributed by atoms with E-state index in [0.717, 1.165) is 24.6 Å². The number of carbonyl (C=O) groups is 1. The summed E-state index contributed by atoms with van der Waals surface area (Å²) in [7, 11) is 0. The zero-order valence-corrected chi connectivity index (χ0v) is 11.2. The third-order valence-corrected chi connectivity index (χ3v) is 3.95. The summed E-state index contributed by atoms with van der Waals surface area (Å²) in [5.41, 5.74) is 1.22. The molecule has 0 N–H and O–H groups in total. The fourth-order valence-corrected chi connectivity index (χ4v) is 2.69. The maximum Gasteiger partial charge on any atom is 0.161 e. The second-order valence-corrected chi connectivity index (χ2v) is 5.15. The highest BCUT2D eigenvalue weighted by molar-refractivity contribution is 5.79. The number of Topliss-reactive ketones (excluding diaryl/α,β-unsaturated/α-hetero) is 1. The fourth-order valence-electron chi connectivity index (χ4n) is 2.69. The van der Waals surface area contributed by atoms with Crippen molar-refractivity contribution in [3.05, 3.63) is 23.8 Å². The monoisotopic (exact) mass is 261 g/mol. The summed E-state index contributed by atoms with van der Waals surface area (Å²) in [6, 6.07) is 6.45. The van der Waals surface area contributed by atoms with E-state index in [-0.39, 0.29) is 0 Å². The molecule has 1 fully saturated rings.